The van der Waals surface area contributed by atoms with Crippen LogP contribution in [0.5, 0.6) is 0 Å². The summed E-state index contributed by atoms with van der Waals surface area (Å²) in [4.78, 5) is 4.19. The van der Waals surface area contributed by atoms with Crippen molar-refractivity contribution < 1.29 is 5.11 Å². The zero-order valence-corrected chi connectivity index (χ0v) is 10.9. The first-order valence-corrected chi connectivity index (χ1v) is 5.96. The number of halogens is 3. The molecular formula is C12H8Cl3NO. The van der Waals surface area contributed by atoms with Crippen molar-refractivity contribution >= 4 is 34.8 Å². The topological polar surface area (TPSA) is 33.1 Å². The van der Waals surface area contributed by atoms with Gasteiger partial charge >= 0.3 is 0 Å². The molecule has 0 amide bonds. The van der Waals surface area contributed by atoms with E-state index in [1.807, 2.05) is 0 Å². The fourth-order valence-electron chi connectivity index (χ4n) is 1.44. The Bertz CT molecular complexity index is 557. The number of hydrogen-bond donors (Lipinski definition) is 1. The predicted octanol–water partition coefficient (Wildman–Crippen LogP) is 4.20. The monoisotopic (exact) mass is 287 g/mol. The highest BCUT2D eigenvalue weighted by molar-refractivity contribution is 6.49. The van der Waals surface area contributed by atoms with Crippen molar-refractivity contribution in [1.82, 2.24) is 4.98 Å². The van der Waals surface area contributed by atoms with Crippen molar-refractivity contribution in [3.63, 3.8) is 0 Å². The lowest BCUT2D eigenvalue weighted by Gasteiger charge is -2.07. The lowest BCUT2D eigenvalue weighted by Crippen LogP contribution is -1.89. The maximum Gasteiger partial charge on any atom is 0.0785 e. The van der Waals surface area contributed by atoms with Gasteiger partial charge in [-0.2, -0.15) is 0 Å². The maximum atomic E-state index is 9.07. The van der Waals surface area contributed by atoms with Gasteiger partial charge < -0.3 is 5.11 Å². The van der Waals surface area contributed by atoms with Crippen LogP contribution in [0.2, 0.25) is 15.1 Å². The molecule has 0 bridgehead atoms. The van der Waals surface area contributed by atoms with Crippen LogP contribution >= 0.6 is 34.8 Å². The number of aliphatic hydroxyl groups is 1. The third-order valence-electron chi connectivity index (χ3n) is 2.32. The second kappa shape index (κ2) is 5.23. The molecule has 0 unspecified atom stereocenters. The molecule has 1 aromatic carbocycles. The summed E-state index contributed by atoms with van der Waals surface area (Å²) < 4.78 is 0. The van der Waals surface area contributed by atoms with E-state index in [1.54, 1.807) is 30.5 Å². The second-order valence-corrected chi connectivity index (χ2v) is 4.59. The van der Waals surface area contributed by atoms with Crippen molar-refractivity contribution in [1.29, 1.82) is 0 Å². The van der Waals surface area contributed by atoms with Crippen LogP contribution in [0.15, 0.2) is 30.5 Å². The largest absolute Gasteiger partial charge is 0.392 e. The van der Waals surface area contributed by atoms with E-state index in [-0.39, 0.29) is 6.61 Å². The van der Waals surface area contributed by atoms with Crippen LogP contribution in [0.4, 0.5) is 0 Å². The van der Waals surface area contributed by atoms with Crippen molar-refractivity contribution in [2.24, 2.45) is 0 Å². The molecule has 1 heterocycles. The van der Waals surface area contributed by atoms with Crippen LogP contribution in [0.3, 0.4) is 0 Å². The Kier molecular flexibility index (Phi) is 3.89. The van der Waals surface area contributed by atoms with Crippen LogP contribution in [-0.4, -0.2) is 10.1 Å². The van der Waals surface area contributed by atoms with Crippen LogP contribution in [0.25, 0.3) is 11.3 Å². The quantitative estimate of drug-likeness (QED) is 0.840. The van der Waals surface area contributed by atoms with Gasteiger partial charge in [-0.05, 0) is 29.8 Å². The molecule has 0 fully saturated rings. The Morgan fingerprint density at radius 2 is 1.82 bits per heavy atom. The van der Waals surface area contributed by atoms with Crippen LogP contribution in [0, 0.1) is 0 Å². The molecule has 2 aromatic rings. The summed E-state index contributed by atoms with van der Waals surface area (Å²) in [5, 5.41) is 10.1. The van der Waals surface area contributed by atoms with E-state index >= 15 is 0 Å². The normalized spacial score (nSPS) is 10.6. The standard InChI is InChI=1S/C12H8Cl3NO/c13-9-2-1-8(11(14)12(9)15)10-5-7(6-17)3-4-16-10/h1-5,17H,6H2. The van der Waals surface area contributed by atoms with Crippen molar-refractivity contribution in [2.45, 2.75) is 6.61 Å². The summed E-state index contributed by atoms with van der Waals surface area (Å²) >= 11 is 17.9. The van der Waals surface area contributed by atoms with Crippen molar-refractivity contribution in [2.75, 3.05) is 0 Å². The number of nitrogens with zero attached hydrogens (tertiary/aromatic N) is 1. The van der Waals surface area contributed by atoms with E-state index in [9.17, 15) is 0 Å². The van der Waals surface area contributed by atoms with Crippen LogP contribution in [0.1, 0.15) is 5.56 Å². The van der Waals surface area contributed by atoms with Crippen molar-refractivity contribution in [3.05, 3.63) is 51.1 Å². The zero-order valence-electron chi connectivity index (χ0n) is 8.62. The molecule has 0 aliphatic carbocycles. The first-order chi connectivity index (χ1) is 8.13. The highest BCUT2D eigenvalue weighted by Crippen LogP contribution is 2.37. The molecule has 2 rings (SSSR count). The van der Waals surface area contributed by atoms with E-state index < -0.39 is 0 Å². The molecule has 0 saturated heterocycles. The molecule has 0 spiro atoms. The van der Waals surface area contributed by atoms with Gasteiger partial charge in [0.25, 0.3) is 0 Å². The molecule has 0 radical (unpaired) electrons. The Morgan fingerprint density at radius 3 is 2.53 bits per heavy atom. The molecule has 17 heavy (non-hydrogen) atoms. The highest BCUT2D eigenvalue weighted by atomic mass is 35.5. The fourth-order valence-corrected chi connectivity index (χ4v) is 2.08. The van der Waals surface area contributed by atoms with Crippen LogP contribution in [-0.2, 0) is 6.61 Å². The minimum Gasteiger partial charge on any atom is -0.392 e. The predicted molar refractivity (Wildman–Crippen MR) is 70.6 cm³/mol. The molecule has 0 aliphatic rings. The van der Waals surface area contributed by atoms with Gasteiger partial charge in [0, 0.05) is 11.8 Å². The summed E-state index contributed by atoms with van der Waals surface area (Å²) in [6.45, 7) is -0.0472. The Hall–Kier alpha value is -0.800. The Balaban J connectivity index is 2.56. The zero-order chi connectivity index (χ0) is 12.4. The van der Waals surface area contributed by atoms with E-state index in [1.165, 1.54) is 0 Å². The Morgan fingerprint density at radius 1 is 1.06 bits per heavy atom. The third-order valence-corrected chi connectivity index (χ3v) is 3.61. The summed E-state index contributed by atoms with van der Waals surface area (Å²) in [5.74, 6) is 0. The van der Waals surface area contributed by atoms with Gasteiger partial charge in [-0.15, -0.1) is 0 Å². The molecule has 1 N–H and O–H groups in total. The number of benzene rings is 1. The van der Waals surface area contributed by atoms with E-state index in [0.29, 0.717) is 26.3 Å². The molecular weight excluding hydrogens is 280 g/mol. The average Bonchev–Trinajstić information content (AvgIpc) is 2.36. The SMILES string of the molecule is OCc1ccnc(-c2ccc(Cl)c(Cl)c2Cl)c1. The first kappa shape index (κ1) is 12.7. The van der Waals surface area contributed by atoms with Gasteiger partial charge in [0.1, 0.15) is 0 Å². The number of aliphatic hydroxyl groups excluding tert-OH is 1. The molecule has 0 saturated carbocycles. The van der Waals surface area contributed by atoms with E-state index in [2.05, 4.69) is 4.98 Å². The first-order valence-electron chi connectivity index (χ1n) is 4.83. The molecule has 2 nitrogen and oxygen atoms in total. The average molecular weight is 289 g/mol. The minimum atomic E-state index is -0.0472. The fraction of sp³-hybridized carbons (Fsp3) is 0.0833. The van der Waals surface area contributed by atoms with Gasteiger partial charge in [0.15, 0.2) is 0 Å². The second-order valence-electron chi connectivity index (χ2n) is 3.43. The number of hydrogen-bond acceptors (Lipinski definition) is 2. The van der Waals surface area contributed by atoms with Gasteiger partial charge in [0.05, 0.1) is 27.4 Å². The molecule has 88 valence electrons. The van der Waals surface area contributed by atoms with Gasteiger partial charge in [-0.3, -0.25) is 4.98 Å². The van der Waals surface area contributed by atoms with E-state index in [0.717, 1.165) is 5.56 Å². The van der Waals surface area contributed by atoms with Crippen LogP contribution < -0.4 is 0 Å². The molecule has 0 atom stereocenters. The summed E-state index contributed by atoms with van der Waals surface area (Å²) in [6.07, 6.45) is 1.61. The lowest BCUT2D eigenvalue weighted by atomic mass is 10.1. The summed E-state index contributed by atoms with van der Waals surface area (Å²) in [6, 6.07) is 6.90. The van der Waals surface area contributed by atoms with Gasteiger partial charge in [0.2, 0.25) is 0 Å². The number of pyridine rings is 1. The maximum absolute atomic E-state index is 9.07. The molecule has 1 aromatic heterocycles. The summed E-state index contributed by atoms with van der Waals surface area (Å²) in [5.41, 5.74) is 2.11. The van der Waals surface area contributed by atoms with E-state index in [4.69, 9.17) is 39.9 Å². The summed E-state index contributed by atoms with van der Waals surface area (Å²) in [7, 11) is 0. The number of rotatable bonds is 2. The molecule has 0 aliphatic heterocycles. The van der Waals surface area contributed by atoms with Gasteiger partial charge in [-0.1, -0.05) is 34.8 Å². The minimum absolute atomic E-state index is 0.0472. The number of aromatic nitrogens is 1. The third kappa shape index (κ3) is 2.55. The lowest BCUT2D eigenvalue weighted by molar-refractivity contribution is 0.282. The van der Waals surface area contributed by atoms with Gasteiger partial charge in [-0.25, -0.2) is 0 Å². The van der Waals surface area contributed by atoms with Crippen molar-refractivity contribution in [3.8, 4) is 11.3 Å². The highest BCUT2D eigenvalue weighted by Gasteiger charge is 2.11. The molecule has 5 heteroatoms. The smallest absolute Gasteiger partial charge is 0.0785 e. The Labute approximate surface area is 114 Å².